The van der Waals surface area contributed by atoms with Crippen molar-refractivity contribution in [3.05, 3.63) is 86.6 Å². The summed E-state index contributed by atoms with van der Waals surface area (Å²) in [6.45, 7) is 8.19. The molecule has 1 atom stereocenters. The van der Waals surface area contributed by atoms with Crippen molar-refractivity contribution in [2.75, 3.05) is 46.5 Å². The number of aryl methyl sites for hydroxylation is 2. The van der Waals surface area contributed by atoms with Crippen molar-refractivity contribution in [1.82, 2.24) is 14.8 Å². The maximum atomic E-state index is 13.9. The minimum absolute atomic E-state index is 0.0631. The third-order valence-electron chi connectivity index (χ3n) is 7.38. The van der Waals surface area contributed by atoms with Crippen molar-refractivity contribution in [2.45, 2.75) is 32.9 Å². The molecule has 10 heteroatoms. The number of amides is 1. The predicted molar refractivity (Wildman–Crippen MR) is 156 cm³/mol. The summed E-state index contributed by atoms with van der Waals surface area (Å²) in [5, 5.41) is 11.8. The van der Waals surface area contributed by atoms with E-state index in [1.54, 1.807) is 31.1 Å². The van der Waals surface area contributed by atoms with E-state index in [-0.39, 0.29) is 11.4 Å². The Balaban J connectivity index is 1.45. The number of aromatic nitrogens is 1. The number of nitrogens with zero attached hydrogens (tertiary/aromatic N) is 3. The maximum Gasteiger partial charge on any atom is 0.290 e. The van der Waals surface area contributed by atoms with E-state index in [4.69, 9.17) is 14.2 Å². The first kappa shape index (κ1) is 28.8. The highest BCUT2D eigenvalue weighted by Crippen LogP contribution is 2.42. The van der Waals surface area contributed by atoms with E-state index in [9.17, 15) is 14.7 Å². The first-order valence-electron chi connectivity index (χ1n) is 13.7. The summed E-state index contributed by atoms with van der Waals surface area (Å²) in [5.74, 6) is -0.439. The van der Waals surface area contributed by atoms with Crippen molar-refractivity contribution < 1.29 is 28.9 Å². The van der Waals surface area contributed by atoms with Gasteiger partial charge in [0.25, 0.3) is 5.91 Å². The van der Waals surface area contributed by atoms with Gasteiger partial charge in [-0.2, -0.15) is 0 Å². The number of benzene rings is 2. The zero-order chi connectivity index (χ0) is 28.9. The molecule has 41 heavy (non-hydrogen) atoms. The van der Waals surface area contributed by atoms with E-state index in [0.717, 1.165) is 30.2 Å². The quantitative estimate of drug-likeness (QED) is 0.329. The molecule has 0 aliphatic carbocycles. The molecule has 9 nitrogen and oxygen atoms in total. The van der Waals surface area contributed by atoms with Crippen molar-refractivity contribution >= 4 is 23.0 Å². The second-order valence-corrected chi connectivity index (χ2v) is 11.3. The smallest absolute Gasteiger partial charge is 0.290 e. The molecule has 1 unspecified atom stereocenters. The number of ether oxygens (including phenoxy) is 3. The number of Topliss-reactive ketones (excluding diaryl/α,β-unsaturated/α-hetero) is 1. The van der Waals surface area contributed by atoms with Gasteiger partial charge < -0.3 is 24.2 Å². The second kappa shape index (κ2) is 12.8. The molecule has 2 aliphatic heterocycles. The molecule has 0 bridgehead atoms. The van der Waals surface area contributed by atoms with Crippen molar-refractivity contribution in [3.8, 4) is 11.5 Å². The van der Waals surface area contributed by atoms with Crippen LogP contribution in [-0.4, -0.2) is 78.1 Å². The normalized spacial score (nSPS) is 17.8. The third-order valence-corrected chi connectivity index (χ3v) is 8.45. The summed E-state index contributed by atoms with van der Waals surface area (Å²) in [6.07, 6.45) is 0.686. The monoisotopic (exact) mass is 577 g/mol. The summed E-state index contributed by atoms with van der Waals surface area (Å²) in [7, 11) is 1.55. The number of hydrogen-bond donors (Lipinski definition) is 1. The van der Waals surface area contributed by atoms with E-state index >= 15 is 0 Å². The topological polar surface area (TPSA) is 101 Å². The highest BCUT2D eigenvalue weighted by molar-refractivity contribution is 7.14. The van der Waals surface area contributed by atoms with Gasteiger partial charge in [0.05, 0.1) is 47.5 Å². The van der Waals surface area contributed by atoms with Crippen molar-refractivity contribution in [1.29, 1.82) is 0 Å². The Morgan fingerprint density at radius 1 is 1.10 bits per heavy atom. The number of aliphatic hydroxyl groups excluding tert-OH is 1. The average Bonchev–Trinajstić information content (AvgIpc) is 3.46. The van der Waals surface area contributed by atoms with E-state index in [0.29, 0.717) is 60.4 Å². The molecule has 1 saturated heterocycles. The van der Waals surface area contributed by atoms with E-state index in [2.05, 4.69) is 9.88 Å². The van der Waals surface area contributed by atoms with Crippen LogP contribution in [0.4, 0.5) is 0 Å². The van der Waals surface area contributed by atoms with Crippen LogP contribution in [0.3, 0.4) is 0 Å². The highest BCUT2D eigenvalue weighted by Gasteiger charge is 2.44. The van der Waals surface area contributed by atoms with Gasteiger partial charge >= 0.3 is 0 Å². The lowest BCUT2D eigenvalue weighted by molar-refractivity contribution is -0.129. The van der Waals surface area contributed by atoms with Gasteiger partial charge in [-0.05, 0) is 43.5 Å². The lowest BCUT2D eigenvalue weighted by Gasteiger charge is -2.30. The summed E-state index contributed by atoms with van der Waals surface area (Å²) in [4.78, 5) is 36.0. The van der Waals surface area contributed by atoms with E-state index in [1.807, 2.05) is 43.3 Å². The maximum absolute atomic E-state index is 13.9. The SMILES string of the molecule is COc1cc(C2C(C(=O)c3sc(C)nc3C)=C(O)C(=O)N2CCCN2CCOCC2)ccc1OCc1ccccc1. The van der Waals surface area contributed by atoms with E-state index in [1.165, 1.54) is 11.3 Å². The first-order valence-corrected chi connectivity index (χ1v) is 14.6. The summed E-state index contributed by atoms with van der Waals surface area (Å²) < 4.78 is 17.2. The van der Waals surface area contributed by atoms with Gasteiger partial charge in [-0.3, -0.25) is 14.5 Å². The number of morpholine rings is 1. The Labute approximate surface area is 244 Å². The predicted octanol–water partition coefficient (Wildman–Crippen LogP) is 4.65. The van der Waals surface area contributed by atoms with Gasteiger partial charge in [0.2, 0.25) is 5.78 Å². The summed E-state index contributed by atoms with van der Waals surface area (Å²) in [5.41, 5.74) is 2.31. The van der Waals surface area contributed by atoms with Gasteiger partial charge in [0.1, 0.15) is 6.61 Å². The van der Waals surface area contributed by atoms with Crippen molar-refractivity contribution in [2.24, 2.45) is 0 Å². The highest BCUT2D eigenvalue weighted by atomic mass is 32.1. The Morgan fingerprint density at radius 2 is 1.85 bits per heavy atom. The Morgan fingerprint density at radius 3 is 2.54 bits per heavy atom. The lowest BCUT2D eigenvalue weighted by Crippen LogP contribution is -2.39. The summed E-state index contributed by atoms with van der Waals surface area (Å²) >= 11 is 1.26. The van der Waals surface area contributed by atoms with Gasteiger partial charge in [-0.25, -0.2) is 4.98 Å². The number of aliphatic hydroxyl groups is 1. The molecule has 1 amide bonds. The van der Waals surface area contributed by atoms with Crippen molar-refractivity contribution in [3.63, 3.8) is 0 Å². The Kier molecular flexibility index (Phi) is 9.02. The molecule has 0 radical (unpaired) electrons. The molecule has 1 aromatic heterocycles. The molecule has 5 rings (SSSR count). The van der Waals surface area contributed by atoms with Gasteiger partial charge in [-0.15, -0.1) is 11.3 Å². The first-order chi connectivity index (χ1) is 19.9. The van der Waals surface area contributed by atoms with Crippen LogP contribution >= 0.6 is 11.3 Å². The zero-order valence-electron chi connectivity index (χ0n) is 23.6. The minimum atomic E-state index is -0.779. The number of rotatable bonds is 11. The molecular formula is C31H35N3O6S. The number of ketones is 1. The molecule has 1 N–H and O–H groups in total. The minimum Gasteiger partial charge on any atom is -0.503 e. The molecule has 0 saturated carbocycles. The number of carbonyl (C=O) groups excluding carboxylic acids is 2. The van der Waals surface area contributed by atoms with Crippen LogP contribution in [0.25, 0.3) is 0 Å². The second-order valence-electron chi connectivity index (χ2n) is 10.1. The number of carbonyl (C=O) groups is 2. The Hall–Kier alpha value is -3.73. The van der Waals surface area contributed by atoms with E-state index < -0.39 is 17.7 Å². The van der Waals surface area contributed by atoms with Crippen LogP contribution in [-0.2, 0) is 16.1 Å². The van der Waals surface area contributed by atoms with Crippen LogP contribution in [0.2, 0.25) is 0 Å². The zero-order valence-corrected chi connectivity index (χ0v) is 24.4. The lowest BCUT2D eigenvalue weighted by atomic mass is 9.94. The van der Waals surface area contributed by atoms with Gasteiger partial charge in [0.15, 0.2) is 17.3 Å². The molecule has 0 spiro atoms. The van der Waals surface area contributed by atoms with Gasteiger partial charge in [0, 0.05) is 26.2 Å². The standard InChI is InChI=1S/C31H35N3O6S/c1-20-30(41-21(2)32-20)28(35)26-27(34(31(37)29(26)36)13-7-12-33-14-16-39-17-15-33)23-10-11-24(25(18-23)38-3)40-19-22-8-5-4-6-9-22/h4-6,8-11,18,27,36H,7,12-17,19H2,1-3H3. The number of thiazole rings is 1. The summed E-state index contributed by atoms with van der Waals surface area (Å²) in [6, 6.07) is 14.4. The molecule has 3 aromatic rings. The molecule has 3 heterocycles. The van der Waals surface area contributed by atoms with Crippen LogP contribution in [0.15, 0.2) is 59.9 Å². The number of hydrogen-bond acceptors (Lipinski definition) is 9. The number of methoxy groups -OCH3 is 1. The Bertz CT molecular complexity index is 1430. The van der Waals surface area contributed by atoms with Crippen LogP contribution < -0.4 is 9.47 Å². The average molecular weight is 578 g/mol. The molecule has 2 aliphatic rings. The molecule has 1 fully saturated rings. The molecular weight excluding hydrogens is 542 g/mol. The van der Waals surface area contributed by atoms with Crippen LogP contribution in [0, 0.1) is 13.8 Å². The fraction of sp³-hybridized carbons (Fsp3) is 0.387. The van der Waals surface area contributed by atoms with Gasteiger partial charge in [-0.1, -0.05) is 36.4 Å². The third kappa shape index (κ3) is 6.29. The molecule has 216 valence electrons. The van der Waals surface area contributed by atoms with Crippen LogP contribution in [0.1, 0.15) is 44.0 Å². The fourth-order valence-electron chi connectivity index (χ4n) is 5.33. The largest absolute Gasteiger partial charge is 0.503 e. The fourth-order valence-corrected chi connectivity index (χ4v) is 6.20. The van der Waals surface area contributed by atoms with Crippen LogP contribution in [0.5, 0.6) is 11.5 Å². The molecule has 2 aromatic carbocycles.